The zero-order chi connectivity index (χ0) is 32.6. The van der Waals surface area contributed by atoms with Crippen molar-refractivity contribution in [3.05, 3.63) is 131 Å². The summed E-state index contributed by atoms with van der Waals surface area (Å²) >= 11 is 0. The van der Waals surface area contributed by atoms with Gasteiger partial charge in [0, 0.05) is 19.0 Å². The maximum Gasteiger partial charge on any atom is 0.264 e. The van der Waals surface area contributed by atoms with Gasteiger partial charge in [0.15, 0.2) is 0 Å². The third-order valence-corrected chi connectivity index (χ3v) is 9.71. The number of nitrogens with one attached hydrogen (secondary N) is 1. The first-order valence-corrected chi connectivity index (χ1v) is 16.8. The van der Waals surface area contributed by atoms with Gasteiger partial charge in [0.1, 0.15) is 12.6 Å². The van der Waals surface area contributed by atoms with Crippen LogP contribution in [-0.4, -0.2) is 43.8 Å². The summed E-state index contributed by atoms with van der Waals surface area (Å²) in [6.07, 6.45) is 1.00. The van der Waals surface area contributed by atoms with Gasteiger partial charge in [0.2, 0.25) is 11.8 Å². The van der Waals surface area contributed by atoms with E-state index in [0.717, 1.165) is 38.5 Å². The first-order valence-electron chi connectivity index (χ1n) is 15.3. The molecular formula is C37H43N3O4S. The molecule has 4 aromatic carbocycles. The molecule has 0 saturated carbocycles. The average molecular weight is 626 g/mol. The van der Waals surface area contributed by atoms with E-state index in [9.17, 15) is 18.0 Å². The van der Waals surface area contributed by atoms with Crippen LogP contribution in [0.25, 0.3) is 0 Å². The molecule has 236 valence electrons. The summed E-state index contributed by atoms with van der Waals surface area (Å²) in [6, 6.07) is 30.1. The number of rotatable bonds is 13. The molecule has 4 rings (SSSR count). The van der Waals surface area contributed by atoms with E-state index in [2.05, 4.69) is 5.32 Å². The maximum absolute atomic E-state index is 14.5. The smallest absolute Gasteiger partial charge is 0.264 e. The number of hydrogen-bond donors (Lipinski definition) is 1. The van der Waals surface area contributed by atoms with E-state index in [1.165, 1.54) is 4.90 Å². The highest BCUT2D eigenvalue weighted by Crippen LogP contribution is 2.26. The van der Waals surface area contributed by atoms with E-state index in [1.54, 1.807) is 42.5 Å². The first kappa shape index (κ1) is 33.5. The lowest BCUT2D eigenvalue weighted by molar-refractivity contribution is -0.140. The van der Waals surface area contributed by atoms with Crippen molar-refractivity contribution in [1.29, 1.82) is 0 Å². The maximum atomic E-state index is 14.5. The van der Waals surface area contributed by atoms with Gasteiger partial charge in [-0.15, -0.1) is 0 Å². The normalized spacial score (nSPS) is 12.6. The lowest BCUT2D eigenvalue weighted by Crippen LogP contribution is -2.54. The minimum atomic E-state index is -4.14. The molecule has 2 amide bonds. The molecule has 0 heterocycles. The van der Waals surface area contributed by atoms with Gasteiger partial charge < -0.3 is 10.2 Å². The molecule has 0 fully saturated rings. The minimum Gasteiger partial charge on any atom is -0.352 e. The number of anilines is 1. The molecule has 1 N–H and O–H groups in total. The molecule has 0 bridgehead atoms. The van der Waals surface area contributed by atoms with Crippen molar-refractivity contribution in [3.63, 3.8) is 0 Å². The number of sulfonamides is 1. The fourth-order valence-electron chi connectivity index (χ4n) is 5.03. The van der Waals surface area contributed by atoms with Crippen molar-refractivity contribution in [2.24, 2.45) is 0 Å². The van der Waals surface area contributed by atoms with Crippen LogP contribution in [-0.2, 0) is 32.6 Å². The van der Waals surface area contributed by atoms with Gasteiger partial charge in [0.25, 0.3) is 10.0 Å². The highest BCUT2D eigenvalue weighted by molar-refractivity contribution is 7.92. The Morgan fingerprint density at radius 2 is 1.38 bits per heavy atom. The molecule has 0 aromatic heterocycles. The number of benzene rings is 4. The highest BCUT2D eigenvalue weighted by Gasteiger charge is 2.35. The first-order chi connectivity index (χ1) is 21.5. The molecule has 0 radical (unpaired) electrons. The van der Waals surface area contributed by atoms with Gasteiger partial charge in [-0.2, -0.15) is 0 Å². The van der Waals surface area contributed by atoms with Crippen LogP contribution < -0.4 is 9.62 Å². The molecule has 0 aliphatic rings. The summed E-state index contributed by atoms with van der Waals surface area (Å²) in [6.45, 7) is 9.32. The second-order valence-corrected chi connectivity index (χ2v) is 13.6. The Morgan fingerprint density at radius 3 is 1.98 bits per heavy atom. The molecule has 0 spiro atoms. The molecule has 0 aliphatic carbocycles. The minimum absolute atomic E-state index is 0.0860. The predicted molar refractivity (Wildman–Crippen MR) is 180 cm³/mol. The van der Waals surface area contributed by atoms with E-state index in [0.29, 0.717) is 5.69 Å². The van der Waals surface area contributed by atoms with Crippen LogP contribution in [0.5, 0.6) is 0 Å². The number of nitrogens with zero attached hydrogens (tertiary/aromatic N) is 2. The summed E-state index contributed by atoms with van der Waals surface area (Å²) in [4.78, 5) is 30.1. The summed E-state index contributed by atoms with van der Waals surface area (Å²) in [7, 11) is -4.14. The summed E-state index contributed by atoms with van der Waals surface area (Å²) in [5.74, 6) is -0.759. The predicted octanol–water partition coefficient (Wildman–Crippen LogP) is 6.36. The molecule has 45 heavy (non-hydrogen) atoms. The lowest BCUT2D eigenvalue weighted by Gasteiger charge is -2.34. The third-order valence-electron chi connectivity index (χ3n) is 7.92. The summed E-state index contributed by atoms with van der Waals surface area (Å²) < 4.78 is 29.5. The van der Waals surface area contributed by atoms with Crippen LogP contribution in [0.2, 0.25) is 0 Å². The highest BCUT2D eigenvalue weighted by atomic mass is 32.2. The van der Waals surface area contributed by atoms with Crippen LogP contribution in [0.15, 0.2) is 108 Å². The molecule has 8 heteroatoms. The molecule has 0 saturated heterocycles. The Kier molecular flexibility index (Phi) is 11.2. The Labute approximate surface area is 268 Å². The molecule has 2 atom stereocenters. The van der Waals surface area contributed by atoms with Crippen LogP contribution in [0, 0.1) is 20.8 Å². The number of aryl methyl sites for hydroxylation is 3. The van der Waals surface area contributed by atoms with Crippen LogP contribution in [0.3, 0.4) is 0 Å². The number of carbonyl (C=O) groups is 2. The fraction of sp³-hybridized carbons (Fsp3) is 0.297. The largest absolute Gasteiger partial charge is 0.352 e. The van der Waals surface area contributed by atoms with Gasteiger partial charge in [-0.25, -0.2) is 8.42 Å². The fourth-order valence-corrected chi connectivity index (χ4v) is 6.44. The van der Waals surface area contributed by atoms with Crippen LogP contribution >= 0.6 is 0 Å². The SMILES string of the molecule is CC[C@H](C)NC(=O)[C@H](Cc1ccccc1)N(Cc1ccc(C)cc1)C(=O)CN(c1cccc(C)c1)S(=O)(=O)c1ccc(C)cc1. The zero-order valence-corrected chi connectivity index (χ0v) is 27.6. The lowest BCUT2D eigenvalue weighted by atomic mass is 10.0. The van der Waals surface area contributed by atoms with E-state index < -0.39 is 28.5 Å². The van der Waals surface area contributed by atoms with Crippen molar-refractivity contribution in [3.8, 4) is 0 Å². The Bertz CT molecular complexity index is 1690. The van der Waals surface area contributed by atoms with E-state index >= 15 is 0 Å². The quantitative estimate of drug-likeness (QED) is 0.187. The number of amides is 2. The Balaban J connectivity index is 1.80. The average Bonchev–Trinajstić information content (AvgIpc) is 3.02. The zero-order valence-electron chi connectivity index (χ0n) is 26.7. The molecule has 4 aromatic rings. The van der Waals surface area contributed by atoms with Crippen molar-refractivity contribution in [2.75, 3.05) is 10.8 Å². The molecule has 0 unspecified atom stereocenters. The topological polar surface area (TPSA) is 86.8 Å². The molecule has 7 nitrogen and oxygen atoms in total. The summed E-state index contributed by atoms with van der Waals surface area (Å²) in [5.41, 5.74) is 4.96. The second kappa shape index (κ2) is 15.0. The number of hydrogen-bond acceptors (Lipinski definition) is 4. The molecular weight excluding hydrogens is 582 g/mol. The standard InChI is InChI=1S/C37H43N3O4S/c1-6-30(5)38-37(42)35(24-31-12-8-7-9-13-31)39(25-32-19-15-27(2)16-20-32)36(41)26-40(33-14-10-11-29(4)23-33)45(43,44)34-21-17-28(3)18-22-34/h7-23,30,35H,6,24-26H2,1-5H3,(H,38,42)/t30-,35-/m0/s1. The van der Waals surface area contributed by atoms with E-state index in [4.69, 9.17) is 0 Å². The van der Waals surface area contributed by atoms with Crippen molar-refractivity contribution in [1.82, 2.24) is 10.2 Å². The van der Waals surface area contributed by atoms with Gasteiger partial charge in [-0.3, -0.25) is 13.9 Å². The number of carbonyl (C=O) groups excluding carboxylic acids is 2. The van der Waals surface area contributed by atoms with Gasteiger partial charge in [-0.1, -0.05) is 96.9 Å². The van der Waals surface area contributed by atoms with Crippen molar-refractivity contribution < 1.29 is 18.0 Å². The van der Waals surface area contributed by atoms with Crippen molar-refractivity contribution >= 4 is 27.5 Å². The third kappa shape index (κ3) is 8.82. The van der Waals surface area contributed by atoms with Gasteiger partial charge in [-0.05, 0) is 75.1 Å². The second-order valence-electron chi connectivity index (χ2n) is 11.7. The van der Waals surface area contributed by atoms with Crippen LogP contribution in [0.4, 0.5) is 5.69 Å². The Hall–Kier alpha value is -4.43. The summed E-state index contributed by atoms with van der Waals surface area (Å²) in [5, 5.41) is 3.07. The van der Waals surface area contributed by atoms with Crippen LogP contribution in [0.1, 0.15) is 48.1 Å². The van der Waals surface area contributed by atoms with Crippen molar-refractivity contribution in [2.45, 2.75) is 71.0 Å². The monoisotopic (exact) mass is 625 g/mol. The molecule has 0 aliphatic heterocycles. The Morgan fingerprint density at radius 1 is 0.756 bits per heavy atom. The van der Waals surface area contributed by atoms with E-state index in [1.807, 2.05) is 95.3 Å². The van der Waals surface area contributed by atoms with Gasteiger partial charge in [0.05, 0.1) is 10.6 Å². The van der Waals surface area contributed by atoms with E-state index in [-0.39, 0.29) is 29.8 Å². The van der Waals surface area contributed by atoms with Gasteiger partial charge >= 0.3 is 0 Å².